The molecule has 1 rings (SSSR count). The first-order valence-corrected chi connectivity index (χ1v) is 4.98. The summed E-state index contributed by atoms with van der Waals surface area (Å²) in [5.41, 5.74) is 0.711. The molecular formula is C8H10F4N2S. The minimum atomic E-state index is -4.02. The van der Waals surface area contributed by atoms with Gasteiger partial charge in [0.25, 0.3) is 0 Å². The fourth-order valence-corrected chi connectivity index (χ4v) is 1.63. The highest BCUT2D eigenvalue weighted by atomic mass is 32.1. The number of anilines is 1. The first kappa shape index (κ1) is 12.2. The lowest BCUT2D eigenvalue weighted by molar-refractivity contribution is -0.117. The molecule has 1 heterocycles. The van der Waals surface area contributed by atoms with Crippen LogP contribution < -0.4 is 5.32 Å². The van der Waals surface area contributed by atoms with Crippen LogP contribution in [0.25, 0.3) is 0 Å². The predicted molar refractivity (Wildman–Crippen MR) is 51.0 cm³/mol. The van der Waals surface area contributed by atoms with Gasteiger partial charge in [-0.1, -0.05) is 0 Å². The van der Waals surface area contributed by atoms with Crippen molar-refractivity contribution in [2.45, 2.75) is 26.2 Å². The highest BCUT2D eigenvalue weighted by Crippen LogP contribution is 2.26. The van der Waals surface area contributed by atoms with Gasteiger partial charge in [0.1, 0.15) is 0 Å². The summed E-state index contributed by atoms with van der Waals surface area (Å²) in [5.74, 6) is -4.02. The third kappa shape index (κ3) is 3.05. The number of rotatable bonds is 4. The van der Waals surface area contributed by atoms with Crippen LogP contribution in [0.2, 0.25) is 0 Å². The summed E-state index contributed by atoms with van der Waals surface area (Å²) in [5, 5.41) is 2.45. The number of hydrogen-bond acceptors (Lipinski definition) is 3. The zero-order chi connectivity index (χ0) is 11.6. The van der Waals surface area contributed by atoms with E-state index < -0.39 is 18.9 Å². The fourth-order valence-electron chi connectivity index (χ4n) is 0.819. The highest BCUT2D eigenvalue weighted by Gasteiger charge is 2.40. The third-order valence-corrected chi connectivity index (χ3v) is 2.85. The Hall–Kier alpha value is -0.850. The number of aryl methyl sites for hydroxylation is 2. The van der Waals surface area contributed by atoms with E-state index in [9.17, 15) is 17.6 Å². The minimum absolute atomic E-state index is 0.241. The molecular weight excluding hydrogens is 232 g/mol. The van der Waals surface area contributed by atoms with E-state index in [0.717, 1.165) is 4.88 Å². The number of nitrogens with one attached hydrogen (secondary N) is 1. The van der Waals surface area contributed by atoms with Crippen LogP contribution in [0.1, 0.15) is 10.6 Å². The molecule has 0 fully saturated rings. The molecule has 1 N–H and O–H groups in total. The summed E-state index contributed by atoms with van der Waals surface area (Å²) in [6.45, 7) is 2.41. The number of thiazole rings is 1. The molecule has 0 spiro atoms. The van der Waals surface area contributed by atoms with Crippen LogP contribution in [-0.2, 0) is 0 Å². The number of aromatic nitrogens is 1. The first-order chi connectivity index (χ1) is 6.83. The van der Waals surface area contributed by atoms with Gasteiger partial charge in [-0.2, -0.15) is 8.78 Å². The standard InChI is InChI=1S/C8H10F4N2S/c1-4-5(2)15-7(14-4)13-3-8(11,12)6(9)10/h6H,3H2,1-2H3,(H,13,14). The molecule has 0 amide bonds. The fraction of sp³-hybridized carbons (Fsp3) is 0.625. The monoisotopic (exact) mass is 242 g/mol. The van der Waals surface area contributed by atoms with E-state index in [1.807, 2.05) is 0 Å². The molecule has 0 saturated heterocycles. The van der Waals surface area contributed by atoms with Crippen LogP contribution in [0.4, 0.5) is 22.7 Å². The van der Waals surface area contributed by atoms with Gasteiger partial charge in [-0.3, -0.25) is 0 Å². The first-order valence-electron chi connectivity index (χ1n) is 4.17. The molecule has 0 aromatic carbocycles. The smallest absolute Gasteiger partial charge is 0.324 e. The second-order valence-corrected chi connectivity index (χ2v) is 4.28. The van der Waals surface area contributed by atoms with Gasteiger partial charge in [-0.25, -0.2) is 13.8 Å². The van der Waals surface area contributed by atoms with E-state index in [-0.39, 0.29) is 5.13 Å². The molecule has 0 bridgehead atoms. The van der Waals surface area contributed by atoms with Crippen LogP contribution in [0.15, 0.2) is 0 Å². The number of halogens is 4. The molecule has 1 aromatic heterocycles. The Morgan fingerprint density at radius 3 is 2.40 bits per heavy atom. The number of alkyl halides is 4. The molecule has 15 heavy (non-hydrogen) atoms. The van der Waals surface area contributed by atoms with Crippen LogP contribution >= 0.6 is 11.3 Å². The summed E-state index contributed by atoms with van der Waals surface area (Å²) in [7, 11) is 0. The van der Waals surface area contributed by atoms with Crippen LogP contribution in [-0.4, -0.2) is 23.9 Å². The Kier molecular flexibility index (Phi) is 3.54. The minimum Gasteiger partial charge on any atom is -0.355 e. The Labute approximate surface area is 88.3 Å². The zero-order valence-electron chi connectivity index (χ0n) is 8.15. The number of nitrogens with zero attached hydrogens (tertiary/aromatic N) is 1. The Morgan fingerprint density at radius 1 is 1.40 bits per heavy atom. The van der Waals surface area contributed by atoms with Crippen LogP contribution in [0, 0.1) is 13.8 Å². The summed E-state index contributed by atoms with van der Waals surface area (Å²) < 4.78 is 48.6. The lowest BCUT2D eigenvalue weighted by Crippen LogP contribution is -2.34. The van der Waals surface area contributed by atoms with E-state index in [4.69, 9.17) is 0 Å². The summed E-state index contributed by atoms with van der Waals surface area (Å²) in [4.78, 5) is 4.77. The van der Waals surface area contributed by atoms with Crippen molar-refractivity contribution >= 4 is 16.5 Å². The molecule has 2 nitrogen and oxygen atoms in total. The van der Waals surface area contributed by atoms with Crippen molar-refractivity contribution in [3.63, 3.8) is 0 Å². The van der Waals surface area contributed by atoms with Crippen LogP contribution in [0.5, 0.6) is 0 Å². The molecule has 86 valence electrons. The van der Waals surface area contributed by atoms with E-state index >= 15 is 0 Å². The van der Waals surface area contributed by atoms with Crippen molar-refractivity contribution in [2.24, 2.45) is 0 Å². The van der Waals surface area contributed by atoms with E-state index in [2.05, 4.69) is 10.3 Å². The molecule has 0 radical (unpaired) electrons. The van der Waals surface area contributed by atoms with Crippen molar-refractivity contribution in [3.8, 4) is 0 Å². The molecule has 7 heteroatoms. The van der Waals surface area contributed by atoms with Gasteiger partial charge >= 0.3 is 12.3 Å². The van der Waals surface area contributed by atoms with E-state index in [1.165, 1.54) is 11.3 Å². The molecule has 0 unspecified atom stereocenters. The van der Waals surface area contributed by atoms with Gasteiger partial charge in [0.05, 0.1) is 12.2 Å². The maximum Gasteiger partial charge on any atom is 0.324 e. The van der Waals surface area contributed by atoms with Crippen LogP contribution in [0.3, 0.4) is 0 Å². The van der Waals surface area contributed by atoms with Crippen molar-refractivity contribution in [2.75, 3.05) is 11.9 Å². The van der Waals surface area contributed by atoms with Crippen molar-refractivity contribution in [3.05, 3.63) is 10.6 Å². The summed E-state index contributed by atoms with van der Waals surface area (Å²) in [6.07, 6.45) is -3.66. The van der Waals surface area contributed by atoms with Gasteiger partial charge in [0.2, 0.25) is 0 Å². The zero-order valence-corrected chi connectivity index (χ0v) is 8.97. The lowest BCUT2D eigenvalue weighted by Gasteiger charge is -2.14. The Bertz CT molecular complexity index is 318. The van der Waals surface area contributed by atoms with Crippen molar-refractivity contribution in [1.29, 1.82) is 0 Å². The molecule has 0 aliphatic rings. The maximum atomic E-state index is 12.5. The van der Waals surface area contributed by atoms with Crippen molar-refractivity contribution < 1.29 is 17.6 Å². The molecule has 1 aromatic rings. The second kappa shape index (κ2) is 4.34. The summed E-state index contributed by atoms with van der Waals surface area (Å²) >= 11 is 1.17. The summed E-state index contributed by atoms with van der Waals surface area (Å²) in [6, 6.07) is 0. The van der Waals surface area contributed by atoms with E-state index in [0.29, 0.717) is 5.69 Å². The maximum absolute atomic E-state index is 12.5. The van der Waals surface area contributed by atoms with Crippen molar-refractivity contribution in [1.82, 2.24) is 4.98 Å². The average molecular weight is 242 g/mol. The highest BCUT2D eigenvalue weighted by molar-refractivity contribution is 7.15. The largest absolute Gasteiger partial charge is 0.355 e. The Balaban J connectivity index is 2.57. The predicted octanol–water partition coefficient (Wildman–Crippen LogP) is 3.07. The second-order valence-electron chi connectivity index (χ2n) is 3.08. The van der Waals surface area contributed by atoms with Gasteiger partial charge in [0.15, 0.2) is 5.13 Å². The quantitative estimate of drug-likeness (QED) is 0.821. The van der Waals surface area contributed by atoms with Gasteiger partial charge in [-0.15, -0.1) is 11.3 Å². The van der Waals surface area contributed by atoms with E-state index in [1.54, 1.807) is 13.8 Å². The average Bonchev–Trinajstić information content (AvgIpc) is 2.43. The Morgan fingerprint density at radius 2 is 2.00 bits per heavy atom. The molecule has 0 atom stereocenters. The third-order valence-electron chi connectivity index (χ3n) is 1.82. The molecule has 0 aliphatic carbocycles. The number of hydrogen-bond donors (Lipinski definition) is 1. The SMILES string of the molecule is Cc1nc(NCC(F)(F)C(F)F)sc1C. The van der Waals surface area contributed by atoms with Gasteiger partial charge < -0.3 is 5.32 Å². The molecule has 0 saturated carbocycles. The van der Waals surface area contributed by atoms with Gasteiger partial charge in [0, 0.05) is 4.88 Å². The lowest BCUT2D eigenvalue weighted by atomic mass is 10.3. The normalized spacial score (nSPS) is 12.2. The molecule has 0 aliphatic heterocycles. The van der Waals surface area contributed by atoms with Gasteiger partial charge in [-0.05, 0) is 13.8 Å². The topological polar surface area (TPSA) is 24.9 Å².